The lowest BCUT2D eigenvalue weighted by atomic mass is 10.2. The molecule has 2 rings (SSSR count). The van der Waals surface area contributed by atoms with Crippen LogP contribution in [0.2, 0.25) is 0 Å². The molecule has 108 valence electrons. The Kier molecular flexibility index (Phi) is 4.67. The number of nitrogens with one attached hydrogen (secondary N) is 1. The van der Waals surface area contributed by atoms with Crippen LogP contribution in [0, 0.1) is 0 Å². The molecule has 19 heavy (non-hydrogen) atoms. The molecule has 1 saturated heterocycles. The summed E-state index contributed by atoms with van der Waals surface area (Å²) in [6.45, 7) is 1.83. The lowest BCUT2D eigenvalue weighted by Gasteiger charge is -2.18. The lowest BCUT2D eigenvalue weighted by Crippen LogP contribution is -2.23. The van der Waals surface area contributed by atoms with E-state index in [-0.39, 0.29) is 11.4 Å². The number of nitrogens with zero attached hydrogens (tertiary/aromatic N) is 2. The zero-order valence-electron chi connectivity index (χ0n) is 10.9. The van der Waals surface area contributed by atoms with Crippen LogP contribution in [-0.4, -0.2) is 25.1 Å². The highest BCUT2D eigenvalue weighted by atomic mass is 32.1. The summed E-state index contributed by atoms with van der Waals surface area (Å²) in [6.07, 6.45) is -0.00782. The van der Waals surface area contributed by atoms with Crippen LogP contribution in [0.5, 0.6) is 0 Å². The smallest absolute Gasteiger partial charge is 0.348 e. The van der Waals surface area contributed by atoms with Crippen molar-refractivity contribution in [2.75, 3.05) is 25.0 Å². The summed E-state index contributed by atoms with van der Waals surface area (Å²) in [4.78, 5) is 6.11. The molecule has 0 atom stereocenters. The van der Waals surface area contributed by atoms with Gasteiger partial charge in [-0.05, 0) is 19.9 Å². The maximum atomic E-state index is 12.9. The molecule has 7 heteroatoms. The summed E-state index contributed by atoms with van der Waals surface area (Å²) in [5.74, 6) is 0. The van der Waals surface area contributed by atoms with Crippen LogP contribution in [0.3, 0.4) is 0 Å². The van der Waals surface area contributed by atoms with Gasteiger partial charge in [0.2, 0.25) is 0 Å². The van der Waals surface area contributed by atoms with Crippen molar-refractivity contribution in [1.29, 1.82) is 0 Å². The van der Waals surface area contributed by atoms with E-state index in [2.05, 4.69) is 10.3 Å². The van der Waals surface area contributed by atoms with Gasteiger partial charge in [0.1, 0.15) is 0 Å². The Morgan fingerprint density at radius 2 is 1.84 bits per heavy atom. The standard InChI is InChI=1S/C12H18F3N3S/c1-16-8-9-10(12(13,14)15)17-11(19-9)18-6-4-2-3-5-7-18/h16H,2-8H2,1H3. The number of hydrogen-bond acceptors (Lipinski definition) is 4. The summed E-state index contributed by atoms with van der Waals surface area (Å²) in [5, 5.41) is 3.29. The van der Waals surface area contributed by atoms with Crippen molar-refractivity contribution in [3.8, 4) is 0 Å². The van der Waals surface area contributed by atoms with Gasteiger partial charge in [-0.1, -0.05) is 24.2 Å². The second-order valence-electron chi connectivity index (χ2n) is 4.70. The van der Waals surface area contributed by atoms with Gasteiger partial charge >= 0.3 is 6.18 Å². The molecule has 0 unspecified atom stereocenters. The zero-order valence-corrected chi connectivity index (χ0v) is 11.7. The molecule has 1 fully saturated rings. The molecule has 1 N–H and O–H groups in total. The van der Waals surface area contributed by atoms with Crippen LogP contribution >= 0.6 is 11.3 Å². The van der Waals surface area contributed by atoms with Gasteiger partial charge in [0, 0.05) is 19.6 Å². The molecule has 3 nitrogen and oxygen atoms in total. The fourth-order valence-electron chi connectivity index (χ4n) is 2.24. The van der Waals surface area contributed by atoms with Crippen molar-refractivity contribution in [1.82, 2.24) is 10.3 Å². The molecular weight excluding hydrogens is 275 g/mol. The Morgan fingerprint density at radius 3 is 2.37 bits per heavy atom. The second kappa shape index (κ2) is 6.09. The van der Waals surface area contributed by atoms with Gasteiger partial charge in [0.25, 0.3) is 0 Å². The molecule has 1 aliphatic rings. The third kappa shape index (κ3) is 3.60. The van der Waals surface area contributed by atoms with E-state index < -0.39 is 11.9 Å². The van der Waals surface area contributed by atoms with Crippen molar-refractivity contribution < 1.29 is 13.2 Å². The van der Waals surface area contributed by atoms with E-state index in [4.69, 9.17) is 0 Å². The number of alkyl halides is 3. The monoisotopic (exact) mass is 293 g/mol. The summed E-state index contributed by atoms with van der Waals surface area (Å²) >= 11 is 1.16. The summed E-state index contributed by atoms with van der Waals surface area (Å²) in [5.41, 5.74) is -0.730. The third-order valence-electron chi connectivity index (χ3n) is 3.17. The van der Waals surface area contributed by atoms with Crippen LogP contribution in [0.1, 0.15) is 36.3 Å². The Morgan fingerprint density at radius 1 is 1.21 bits per heavy atom. The molecule has 2 heterocycles. The molecule has 0 saturated carbocycles. The van der Waals surface area contributed by atoms with E-state index in [0.717, 1.165) is 50.1 Å². The van der Waals surface area contributed by atoms with Gasteiger partial charge in [-0.2, -0.15) is 13.2 Å². The highest BCUT2D eigenvalue weighted by Crippen LogP contribution is 2.37. The Labute approximate surface area is 114 Å². The van der Waals surface area contributed by atoms with Crippen molar-refractivity contribution in [2.45, 2.75) is 38.4 Å². The van der Waals surface area contributed by atoms with Gasteiger partial charge in [-0.25, -0.2) is 4.98 Å². The average Bonchev–Trinajstić information content (AvgIpc) is 2.59. The predicted octanol–water partition coefficient (Wildman–Crippen LogP) is 3.26. The fraction of sp³-hybridized carbons (Fsp3) is 0.750. The van der Waals surface area contributed by atoms with Crippen LogP contribution in [0.4, 0.5) is 18.3 Å². The lowest BCUT2D eigenvalue weighted by molar-refractivity contribution is -0.141. The maximum Gasteiger partial charge on any atom is 0.434 e. The quantitative estimate of drug-likeness (QED) is 0.927. The molecule has 0 aromatic carbocycles. The molecule has 0 aliphatic carbocycles. The average molecular weight is 293 g/mol. The van der Waals surface area contributed by atoms with Gasteiger partial charge in [0.05, 0.1) is 4.88 Å². The first kappa shape index (κ1) is 14.6. The van der Waals surface area contributed by atoms with E-state index in [9.17, 15) is 13.2 Å². The summed E-state index contributed by atoms with van der Waals surface area (Å²) in [6, 6.07) is 0. The van der Waals surface area contributed by atoms with Crippen molar-refractivity contribution >= 4 is 16.5 Å². The predicted molar refractivity (Wildman–Crippen MR) is 70.6 cm³/mol. The van der Waals surface area contributed by atoms with Crippen molar-refractivity contribution in [2.24, 2.45) is 0 Å². The number of hydrogen-bond donors (Lipinski definition) is 1. The minimum absolute atomic E-state index is 0.209. The van der Waals surface area contributed by atoms with E-state index >= 15 is 0 Å². The van der Waals surface area contributed by atoms with Crippen molar-refractivity contribution in [3.63, 3.8) is 0 Å². The largest absolute Gasteiger partial charge is 0.434 e. The van der Waals surface area contributed by atoms with Gasteiger partial charge in [-0.15, -0.1) is 0 Å². The molecule has 1 aliphatic heterocycles. The van der Waals surface area contributed by atoms with Gasteiger partial charge < -0.3 is 10.2 Å². The zero-order chi connectivity index (χ0) is 13.9. The normalized spacial score (nSPS) is 17.6. The highest BCUT2D eigenvalue weighted by molar-refractivity contribution is 7.15. The molecule has 0 radical (unpaired) electrons. The molecule has 0 bridgehead atoms. The molecule has 0 amide bonds. The summed E-state index contributed by atoms with van der Waals surface area (Å²) < 4.78 is 38.8. The minimum atomic E-state index is -4.37. The van der Waals surface area contributed by atoms with Crippen LogP contribution < -0.4 is 10.2 Å². The molecule has 1 aromatic rings. The first-order valence-electron chi connectivity index (χ1n) is 6.49. The number of anilines is 1. The number of halogens is 3. The molecule has 0 spiro atoms. The Hall–Kier alpha value is -0.820. The topological polar surface area (TPSA) is 28.2 Å². The fourth-order valence-corrected chi connectivity index (χ4v) is 3.38. The molecule has 1 aromatic heterocycles. The first-order chi connectivity index (χ1) is 9.02. The SMILES string of the molecule is CNCc1sc(N2CCCCCC2)nc1C(F)(F)F. The second-order valence-corrected chi connectivity index (χ2v) is 5.76. The van der Waals surface area contributed by atoms with Gasteiger partial charge in [-0.3, -0.25) is 0 Å². The van der Waals surface area contributed by atoms with Gasteiger partial charge in [0.15, 0.2) is 10.8 Å². The van der Waals surface area contributed by atoms with E-state index in [1.165, 1.54) is 0 Å². The first-order valence-corrected chi connectivity index (χ1v) is 7.30. The van der Waals surface area contributed by atoms with E-state index in [1.807, 2.05) is 4.90 Å². The Bertz CT molecular complexity index is 409. The van der Waals surface area contributed by atoms with Crippen LogP contribution in [0.25, 0.3) is 0 Å². The van der Waals surface area contributed by atoms with E-state index in [0.29, 0.717) is 5.13 Å². The van der Waals surface area contributed by atoms with E-state index in [1.54, 1.807) is 7.05 Å². The van der Waals surface area contributed by atoms with Crippen molar-refractivity contribution in [3.05, 3.63) is 10.6 Å². The van der Waals surface area contributed by atoms with Crippen LogP contribution in [-0.2, 0) is 12.7 Å². The number of thiazole rings is 1. The molecular formula is C12H18F3N3S. The highest BCUT2D eigenvalue weighted by Gasteiger charge is 2.37. The minimum Gasteiger partial charge on any atom is -0.348 e. The van der Waals surface area contributed by atoms with Crippen LogP contribution in [0.15, 0.2) is 0 Å². The third-order valence-corrected chi connectivity index (χ3v) is 4.28. The Balaban J connectivity index is 2.25. The summed E-state index contributed by atoms with van der Waals surface area (Å²) in [7, 11) is 1.64. The maximum absolute atomic E-state index is 12.9. The number of aromatic nitrogens is 1. The number of rotatable bonds is 3.